The highest BCUT2D eigenvalue weighted by Crippen LogP contribution is 2.31. The number of nitrogens with zero attached hydrogens (tertiary/aromatic N) is 3. The van der Waals surface area contributed by atoms with Gasteiger partial charge in [0.2, 0.25) is 10.0 Å². The van der Waals surface area contributed by atoms with Gasteiger partial charge in [0.25, 0.3) is 0 Å². The van der Waals surface area contributed by atoms with E-state index in [0.29, 0.717) is 19.6 Å². The van der Waals surface area contributed by atoms with Crippen molar-refractivity contribution < 1.29 is 8.42 Å². The SMILES string of the molecule is CC1(C)CN(c2cccc3[nH]ncc23)CCN1S(C)(=O)=O. The van der Waals surface area contributed by atoms with Gasteiger partial charge in [0.15, 0.2) is 0 Å². The van der Waals surface area contributed by atoms with Crippen LogP contribution in [0.2, 0.25) is 0 Å². The fourth-order valence-corrected chi connectivity index (χ4v) is 4.56. The number of benzene rings is 1. The minimum Gasteiger partial charge on any atom is -0.368 e. The quantitative estimate of drug-likeness (QED) is 0.911. The molecule has 2 heterocycles. The summed E-state index contributed by atoms with van der Waals surface area (Å²) < 4.78 is 25.4. The van der Waals surface area contributed by atoms with Crippen LogP contribution >= 0.6 is 0 Å². The summed E-state index contributed by atoms with van der Waals surface area (Å²) in [6.45, 7) is 5.77. The minimum absolute atomic E-state index is 0.433. The standard InChI is InChI=1S/C14H20N4O2S/c1-14(2)10-17(7-8-18(14)21(3,19)20)13-6-4-5-12-11(13)9-15-16-12/h4-6,9H,7-8,10H2,1-3H3,(H,15,16). The van der Waals surface area contributed by atoms with E-state index in [4.69, 9.17) is 0 Å². The highest BCUT2D eigenvalue weighted by atomic mass is 32.2. The number of nitrogens with one attached hydrogen (secondary N) is 1. The highest BCUT2D eigenvalue weighted by molar-refractivity contribution is 7.88. The number of anilines is 1. The summed E-state index contributed by atoms with van der Waals surface area (Å²) in [6, 6.07) is 6.04. The zero-order valence-electron chi connectivity index (χ0n) is 12.5. The number of hydrogen-bond acceptors (Lipinski definition) is 4. The molecule has 1 fully saturated rings. The maximum Gasteiger partial charge on any atom is 0.211 e. The minimum atomic E-state index is -3.18. The van der Waals surface area contributed by atoms with Crippen LogP contribution in [-0.4, -0.2) is 54.3 Å². The lowest BCUT2D eigenvalue weighted by molar-refractivity contribution is 0.206. The van der Waals surface area contributed by atoms with Gasteiger partial charge in [-0.1, -0.05) is 6.07 Å². The van der Waals surface area contributed by atoms with Crippen molar-refractivity contribution in [3.8, 4) is 0 Å². The van der Waals surface area contributed by atoms with Crippen LogP contribution in [0.4, 0.5) is 5.69 Å². The number of aromatic nitrogens is 2. The molecular formula is C14H20N4O2S. The maximum absolute atomic E-state index is 11.9. The lowest BCUT2D eigenvalue weighted by atomic mass is 10.0. The summed E-state index contributed by atoms with van der Waals surface area (Å²) >= 11 is 0. The predicted octanol–water partition coefficient (Wildman–Crippen LogP) is 1.42. The fourth-order valence-electron chi connectivity index (χ4n) is 3.19. The number of piperazine rings is 1. The molecular weight excluding hydrogens is 288 g/mol. The number of H-pyrrole nitrogens is 1. The predicted molar refractivity (Wildman–Crippen MR) is 83.9 cm³/mol. The third-order valence-electron chi connectivity index (χ3n) is 4.03. The first-order valence-corrected chi connectivity index (χ1v) is 8.79. The Morgan fingerprint density at radius 2 is 2.05 bits per heavy atom. The first-order chi connectivity index (χ1) is 9.79. The summed E-state index contributed by atoms with van der Waals surface area (Å²) in [7, 11) is -3.18. The number of hydrogen-bond donors (Lipinski definition) is 1. The van der Waals surface area contributed by atoms with Gasteiger partial charge in [-0.3, -0.25) is 5.10 Å². The van der Waals surface area contributed by atoms with E-state index >= 15 is 0 Å². The molecule has 1 aromatic carbocycles. The van der Waals surface area contributed by atoms with Gasteiger partial charge in [-0.05, 0) is 26.0 Å². The molecule has 1 N–H and O–H groups in total. The first-order valence-electron chi connectivity index (χ1n) is 6.94. The summed E-state index contributed by atoms with van der Waals surface area (Å²) in [4.78, 5) is 2.24. The van der Waals surface area contributed by atoms with Crippen LogP contribution in [0.1, 0.15) is 13.8 Å². The monoisotopic (exact) mass is 308 g/mol. The molecule has 0 atom stereocenters. The van der Waals surface area contributed by atoms with Gasteiger partial charge in [-0.2, -0.15) is 9.40 Å². The molecule has 114 valence electrons. The Morgan fingerprint density at radius 1 is 1.29 bits per heavy atom. The number of fused-ring (bicyclic) bond motifs is 1. The maximum atomic E-state index is 11.9. The number of aromatic amines is 1. The molecule has 0 bridgehead atoms. The summed E-state index contributed by atoms with van der Waals surface area (Å²) in [5.41, 5.74) is 1.66. The van der Waals surface area contributed by atoms with E-state index in [1.165, 1.54) is 6.26 Å². The molecule has 3 rings (SSSR count). The van der Waals surface area contributed by atoms with Crippen molar-refractivity contribution in [3.05, 3.63) is 24.4 Å². The van der Waals surface area contributed by atoms with E-state index < -0.39 is 15.6 Å². The average Bonchev–Trinajstić information content (AvgIpc) is 2.83. The Balaban J connectivity index is 1.95. The third kappa shape index (κ3) is 2.51. The molecule has 7 heteroatoms. The highest BCUT2D eigenvalue weighted by Gasteiger charge is 2.39. The van der Waals surface area contributed by atoms with Gasteiger partial charge in [0.05, 0.1) is 18.0 Å². The van der Waals surface area contributed by atoms with Gasteiger partial charge in [-0.15, -0.1) is 0 Å². The van der Waals surface area contributed by atoms with E-state index in [9.17, 15) is 8.42 Å². The van der Waals surface area contributed by atoms with Gasteiger partial charge < -0.3 is 4.90 Å². The Morgan fingerprint density at radius 3 is 2.71 bits per heavy atom. The smallest absolute Gasteiger partial charge is 0.211 e. The zero-order chi connectivity index (χ0) is 15.3. The second kappa shape index (κ2) is 4.71. The normalized spacial score (nSPS) is 20.0. The van der Waals surface area contributed by atoms with Gasteiger partial charge in [0, 0.05) is 36.2 Å². The molecule has 0 radical (unpaired) electrons. The van der Waals surface area contributed by atoms with E-state index in [1.807, 2.05) is 32.2 Å². The Bertz CT molecular complexity index is 766. The molecule has 0 aliphatic carbocycles. The van der Waals surface area contributed by atoms with E-state index in [-0.39, 0.29) is 0 Å². The topological polar surface area (TPSA) is 69.3 Å². The third-order valence-corrected chi connectivity index (χ3v) is 5.51. The second-order valence-corrected chi connectivity index (χ2v) is 8.08. The largest absolute Gasteiger partial charge is 0.368 e. The Labute approximate surface area is 124 Å². The molecule has 1 aliphatic rings. The number of rotatable bonds is 2. The Hall–Kier alpha value is -1.60. The van der Waals surface area contributed by atoms with Crippen LogP contribution < -0.4 is 4.90 Å². The molecule has 1 aliphatic heterocycles. The zero-order valence-corrected chi connectivity index (χ0v) is 13.3. The molecule has 0 spiro atoms. The Kier molecular flexibility index (Phi) is 3.22. The molecule has 0 amide bonds. The van der Waals surface area contributed by atoms with Crippen LogP contribution in [0.3, 0.4) is 0 Å². The van der Waals surface area contributed by atoms with Crippen molar-refractivity contribution in [1.29, 1.82) is 0 Å². The van der Waals surface area contributed by atoms with E-state index in [1.54, 1.807) is 4.31 Å². The van der Waals surface area contributed by atoms with Crippen molar-refractivity contribution >= 4 is 26.6 Å². The van der Waals surface area contributed by atoms with Crippen molar-refractivity contribution in [1.82, 2.24) is 14.5 Å². The lowest BCUT2D eigenvalue weighted by Crippen LogP contribution is -2.60. The molecule has 2 aromatic rings. The van der Waals surface area contributed by atoms with Gasteiger partial charge in [-0.25, -0.2) is 8.42 Å². The molecule has 21 heavy (non-hydrogen) atoms. The molecule has 1 saturated heterocycles. The van der Waals surface area contributed by atoms with Gasteiger partial charge >= 0.3 is 0 Å². The van der Waals surface area contributed by atoms with E-state index in [2.05, 4.69) is 21.2 Å². The summed E-state index contributed by atoms with van der Waals surface area (Å²) in [5.74, 6) is 0. The molecule has 0 unspecified atom stereocenters. The average molecular weight is 308 g/mol. The molecule has 1 aromatic heterocycles. The van der Waals surface area contributed by atoms with Crippen LogP contribution in [0.25, 0.3) is 10.9 Å². The number of sulfonamides is 1. The summed E-state index contributed by atoms with van der Waals surface area (Å²) in [5, 5.41) is 8.13. The van der Waals surface area contributed by atoms with Crippen LogP contribution in [0.5, 0.6) is 0 Å². The van der Waals surface area contributed by atoms with Crippen LogP contribution in [-0.2, 0) is 10.0 Å². The molecule has 6 nitrogen and oxygen atoms in total. The first kappa shape index (κ1) is 14.3. The van der Waals surface area contributed by atoms with Crippen LogP contribution in [0, 0.1) is 0 Å². The van der Waals surface area contributed by atoms with Crippen molar-refractivity contribution in [2.75, 3.05) is 30.8 Å². The fraction of sp³-hybridized carbons (Fsp3) is 0.500. The lowest BCUT2D eigenvalue weighted by Gasteiger charge is -2.46. The van der Waals surface area contributed by atoms with E-state index in [0.717, 1.165) is 16.6 Å². The second-order valence-electron chi connectivity index (χ2n) is 6.18. The van der Waals surface area contributed by atoms with Crippen molar-refractivity contribution in [2.45, 2.75) is 19.4 Å². The van der Waals surface area contributed by atoms with Gasteiger partial charge in [0.1, 0.15) is 0 Å². The van der Waals surface area contributed by atoms with Crippen molar-refractivity contribution in [3.63, 3.8) is 0 Å². The molecule has 0 saturated carbocycles. The van der Waals surface area contributed by atoms with Crippen LogP contribution in [0.15, 0.2) is 24.4 Å². The van der Waals surface area contributed by atoms with Crippen molar-refractivity contribution in [2.24, 2.45) is 0 Å². The summed E-state index contributed by atoms with van der Waals surface area (Å²) in [6.07, 6.45) is 3.10.